The number of benzene rings is 1. The average molecular weight is 334 g/mol. The summed E-state index contributed by atoms with van der Waals surface area (Å²) in [5.41, 5.74) is 2.72. The fraction of sp³-hybridized carbons (Fsp3) is 0.111. The maximum atomic E-state index is 12.6. The number of nitrogens with zero attached hydrogens (tertiary/aromatic N) is 2. The zero-order valence-corrected chi connectivity index (χ0v) is 13.3. The lowest BCUT2D eigenvalue weighted by Crippen LogP contribution is -2.27. The van der Waals surface area contributed by atoms with Crippen LogP contribution in [0.3, 0.4) is 0 Å². The number of pyridine rings is 2. The van der Waals surface area contributed by atoms with E-state index in [-0.39, 0.29) is 17.6 Å². The molecule has 7 heteroatoms. The molecule has 0 bridgehead atoms. The van der Waals surface area contributed by atoms with Crippen molar-refractivity contribution in [2.45, 2.75) is 13.0 Å². The van der Waals surface area contributed by atoms with E-state index >= 15 is 0 Å². The summed E-state index contributed by atoms with van der Waals surface area (Å²) >= 11 is 0. The molecule has 1 unspecified atom stereocenters. The fourth-order valence-corrected chi connectivity index (χ4v) is 2.75. The Hall–Kier alpha value is -3.48. The number of aromatic amines is 1. The molecule has 124 valence electrons. The third-order valence-corrected chi connectivity index (χ3v) is 4.03. The van der Waals surface area contributed by atoms with Gasteiger partial charge in [0.05, 0.1) is 11.6 Å². The molecular formula is C18H14N4O3. The standard InChI is InChI=1S/C18H14N4O3/c1-10(12-4-5-13-14(9-12)25-18(24)22-13)21-17(23)16-15-11(6-8-20-16)3-2-7-19-15/h2-10H,1H3,(H,21,23)(H,22,24). The predicted octanol–water partition coefficient (Wildman–Crippen LogP) is 2.56. The number of H-pyrrole nitrogens is 1. The number of hydrogen-bond acceptors (Lipinski definition) is 5. The number of carbonyl (C=O) groups excluding carboxylic acids is 1. The van der Waals surface area contributed by atoms with Gasteiger partial charge >= 0.3 is 5.76 Å². The lowest BCUT2D eigenvalue weighted by Gasteiger charge is -2.14. The van der Waals surface area contributed by atoms with Crippen LogP contribution in [0.25, 0.3) is 22.0 Å². The largest absolute Gasteiger partial charge is 0.417 e. The lowest BCUT2D eigenvalue weighted by molar-refractivity contribution is 0.0936. The summed E-state index contributed by atoms with van der Waals surface area (Å²) in [5, 5.41) is 3.76. The molecule has 2 N–H and O–H groups in total. The zero-order chi connectivity index (χ0) is 17.4. The highest BCUT2D eigenvalue weighted by atomic mass is 16.4. The summed E-state index contributed by atoms with van der Waals surface area (Å²) in [6.07, 6.45) is 3.22. The van der Waals surface area contributed by atoms with E-state index in [0.29, 0.717) is 16.6 Å². The summed E-state index contributed by atoms with van der Waals surface area (Å²) in [7, 11) is 0. The summed E-state index contributed by atoms with van der Waals surface area (Å²) in [6.45, 7) is 1.85. The van der Waals surface area contributed by atoms with Crippen LogP contribution in [0.15, 0.2) is 58.0 Å². The minimum atomic E-state index is -0.505. The lowest BCUT2D eigenvalue weighted by atomic mass is 10.1. The second kappa shape index (κ2) is 5.86. The highest BCUT2D eigenvalue weighted by Gasteiger charge is 2.16. The first-order valence-corrected chi connectivity index (χ1v) is 7.75. The van der Waals surface area contributed by atoms with Crippen molar-refractivity contribution in [1.29, 1.82) is 0 Å². The number of amides is 1. The van der Waals surface area contributed by atoms with Crippen LogP contribution in [0.2, 0.25) is 0 Å². The molecule has 4 rings (SSSR count). The van der Waals surface area contributed by atoms with E-state index in [1.807, 2.05) is 31.2 Å². The van der Waals surface area contributed by atoms with E-state index in [0.717, 1.165) is 10.9 Å². The Morgan fingerprint density at radius 3 is 2.96 bits per heavy atom. The van der Waals surface area contributed by atoms with Gasteiger partial charge in [-0.05, 0) is 36.8 Å². The Bertz CT molecular complexity index is 1140. The molecular weight excluding hydrogens is 320 g/mol. The van der Waals surface area contributed by atoms with Gasteiger partial charge in [0.25, 0.3) is 5.91 Å². The van der Waals surface area contributed by atoms with Crippen LogP contribution in [0.5, 0.6) is 0 Å². The Labute approximate surface area is 141 Å². The summed E-state index contributed by atoms with van der Waals surface area (Å²) in [5.74, 6) is -0.817. The van der Waals surface area contributed by atoms with Crippen LogP contribution in [0, 0.1) is 0 Å². The average Bonchev–Trinajstić information content (AvgIpc) is 3.00. The van der Waals surface area contributed by atoms with Crippen molar-refractivity contribution in [1.82, 2.24) is 20.3 Å². The van der Waals surface area contributed by atoms with E-state index in [2.05, 4.69) is 20.3 Å². The van der Waals surface area contributed by atoms with Crippen molar-refractivity contribution >= 4 is 27.9 Å². The normalized spacial score (nSPS) is 12.4. The molecule has 1 amide bonds. The predicted molar refractivity (Wildman–Crippen MR) is 92.3 cm³/mol. The minimum absolute atomic E-state index is 0.277. The van der Waals surface area contributed by atoms with Crippen molar-refractivity contribution in [2.24, 2.45) is 0 Å². The molecule has 0 spiro atoms. The molecule has 25 heavy (non-hydrogen) atoms. The minimum Gasteiger partial charge on any atom is -0.408 e. The molecule has 0 radical (unpaired) electrons. The maximum Gasteiger partial charge on any atom is 0.417 e. The molecule has 1 aromatic carbocycles. The van der Waals surface area contributed by atoms with Crippen LogP contribution >= 0.6 is 0 Å². The zero-order valence-electron chi connectivity index (χ0n) is 13.3. The molecule has 0 fully saturated rings. The summed E-state index contributed by atoms with van der Waals surface area (Å²) < 4.78 is 5.06. The van der Waals surface area contributed by atoms with Crippen molar-refractivity contribution < 1.29 is 9.21 Å². The van der Waals surface area contributed by atoms with E-state index in [1.54, 1.807) is 24.5 Å². The Balaban J connectivity index is 1.63. The number of carbonyl (C=O) groups is 1. The molecule has 1 atom stereocenters. The van der Waals surface area contributed by atoms with Crippen LogP contribution in [-0.4, -0.2) is 20.9 Å². The second-order valence-electron chi connectivity index (χ2n) is 5.70. The topological polar surface area (TPSA) is 101 Å². The quantitative estimate of drug-likeness (QED) is 0.599. The van der Waals surface area contributed by atoms with Crippen LogP contribution < -0.4 is 11.1 Å². The highest BCUT2D eigenvalue weighted by molar-refractivity contribution is 6.03. The first-order chi connectivity index (χ1) is 12.1. The number of hydrogen-bond donors (Lipinski definition) is 2. The number of fused-ring (bicyclic) bond motifs is 2. The van der Waals surface area contributed by atoms with E-state index in [9.17, 15) is 9.59 Å². The monoisotopic (exact) mass is 334 g/mol. The van der Waals surface area contributed by atoms with Gasteiger partial charge in [0.1, 0.15) is 5.52 Å². The smallest absolute Gasteiger partial charge is 0.408 e. The molecule has 3 aromatic heterocycles. The molecule has 0 saturated heterocycles. The third kappa shape index (κ3) is 2.76. The van der Waals surface area contributed by atoms with Crippen molar-refractivity contribution in [3.63, 3.8) is 0 Å². The van der Waals surface area contributed by atoms with Crippen LogP contribution in [0.1, 0.15) is 29.0 Å². The number of rotatable bonds is 3. The van der Waals surface area contributed by atoms with Gasteiger partial charge in [-0.1, -0.05) is 12.1 Å². The van der Waals surface area contributed by atoms with E-state index in [1.165, 1.54) is 0 Å². The molecule has 4 aromatic rings. The van der Waals surface area contributed by atoms with Gasteiger partial charge in [-0.25, -0.2) is 9.78 Å². The van der Waals surface area contributed by atoms with Crippen LogP contribution in [0.4, 0.5) is 0 Å². The second-order valence-corrected chi connectivity index (χ2v) is 5.70. The molecule has 0 aliphatic carbocycles. The number of nitrogens with one attached hydrogen (secondary N) is 2. The Morgan fingerprint density at radius 1 is 1.20 bits per heavy atom. The first kappa shape index (κ1) is 15.1. The fourth-order valence-electron chi connectivity index (χ4n) is 2.75. The summed E-state index contributed by atoms with van der Waals surface area (Å²) in [6, 6.07) is 10.5. The third-order valence-electron chi connectivity index (χ3n) is 4.03. The Kier molecular flexibility index (Phi) is 3.53. The highest BCUT2D eigenvalue weighted by Crippen LogP contribution is 2.19. The first-order valence-electron chi connectivity index (χ1n) is 7.75. The van der Waals surface area contributed by atoms with Crippen LogP contribution in [-0.2, 0) is 0 Å². The maximum absolute atomic E-state index is 12.6. The number of aromatic nitrogens is 3. The van der Waals surface area contributed by atoms with Gasteiger partial charge < -0.3 is 9.73 Å². The molecule has 7 nitrogen and oxygen atoms in total. The van der Waals surface area contributed by atoms with Gasteiger partial charge in [0.2, 0.25) is 0 Å². The summed E-state index contributed by atoms with van der Waals surface area (Å²) in [4.78, 5) is 34.9. The Morgan fingerprint density at radius 2 is 2.08 bits per heavy atom. The van der Waals surface area contributed by atoms with Crippen molar-refractivity contribution in [3.8, 4) is 0 Å². The number of oxazole rings is 1. The SMILES string of the molecule is CC(NC(=O)c1nccc2cccnc12)c1ccc2[nH]c(=O)oc2c1. The molecule has 0 saturated carbocycles. The van der Waals surface area contributed by atoms with Gasteiger partial charge in [-0.3, -0.25) is 14.8 Å². The van der Waals surface area contributed by atoms with Crippen molar-refractivity contribution in [2.75, 3.05) is 0 Å². The molecule has 3 heterocycles. The molecule has 0 aliphatic heterocycles. The van der Waals surface area contributed by atoms with Gasteiger partial charge in [0, 0.05) is 17.8 Å². The van der Waals surface area contributed by atoms with Crippen molar-refractivity contribution in [3.05, 3.63) is 70.6 Å². The van der Waals surface area contributed by atoms with Gasteiger partial charge in [-0.2, -0.15) is 0 Å². The molecule has 0 aliphatic rings. The van der Waals surface area contributed by atoms with E-state index in [4.69, 9.17) is 4.42 Å². The van der Waals surface area contributed by atoms with E-state index < -0.39 is 5.76 Å². The van der Waals surface area contributed by atoms with Gasteiger partial charge in [-0.15, -0.1) is 0 Å². The van der Waals surface area contributed by atoms with Gasteiger partial charge in [0.15, 0.2) is 11.3 Å².